The van der Waals surface area contributed by atoms with Gasteiger partial charge in [0.15, 0.2) is 0 Å². The summed E-state index contributed by atoms with van der Waals surface area (Å²) in [5, 5.41) is 15.7. The van der Waals surface area contributed by atoms with Crippen LogP contribution >= 0.6 is 0 Å². The second kappa shape index (κ2) is 9.90. The van der Waals surface area contributed by atoms with Gasteiger partial charge in [0.1, 0.15) is 0 Å². The van der Waals surface area contributed by atoms with E-state index in [4.69, 9.17) is 14.9 Å². The minimum Gasteiger partial charge on any atom is -0.477 e. The van der Waals surface area contributed by atoms with E-state index in [-0.39, 0.29) is 5.90 Å². The quantitative estimate of drug-likeness (QED) is 0.564. The normalized spacial score (nSPS) is 24.6. The fraction of sp³-hybridized carbons (Fsp3) is 0.700. The summed E-state index contributed by atoms with van der Waals surface area (Å²) in [7, 11) is 1.92. The van der Waals surface area contributed by atoms with Crippen molar-refractivity contribution in [3.05, 3.63) is 29.7 Å². The number of nitrogens with zero attached hydrogens (tertiary/aromatic N) is 3. The zero-order valence-electron chi connectivity index (χ0n) is 16.6. The minimum absolute atomic E-state index is 0.242. The average Bonchev–Trinajstić information content (AvgIpc) is 3.12. The molecule has 2 aliphatic rings. The Balaban J connectivity index is 1.35. The molecule has 150 valence electrons. The molecule has 1 aromatic rings. The van der Waals surface area contributed by atoms with Crippen LogP contribution in [0.3, 0.4) is 0 Å². The third kappa shape index (κ3) is 5.81. The highest BCUT2D eigenvalue weighted by Crippen LogP contribution is 2.24. The van der Waals surface area contributed by atoms with E-state index in [1.54, 1.807) is 6.20 Å². The van der Waals surface area contributed by atoms with Gasteiger partial charge in [0.25, 0.3) is 0 Å². The van der Waals surface area contributed by atoms with Gasteiger partial charge in [-0.1, -0.05) is 0 Å². The Labute approximate surface area is 162 Å². The van der Waals surface area contributed by atoms with Crippen molar-refractivity contribution in [2.75, 3.05) is 32.9 Å². The van der Waals surface area contributed by atoms with Crippen LogP contribution in [-0.4, -0.2) is 65.6 Å². The van der Waals surface area contributed by atoms with Gasteiger partial charge in [0.05, 0.1) is 19.8 Å². The van der Waals surface area contributed by atoms with Crippen LogP contribution in [-0.2, 0) is 22.9 Å². The van der Waals surface area contributed by atoms with Gasteiger partial charge < -0.3 is 14.8 Å². The van der Waals surface area contributed by atoms with Crippen molar-refractivity contribution in [1.29, 1.82) is 5.41 Å². The topological polar surface area (TPSA) is 75.4 Å². The maximum Gasteiger partial charge on any atom is 0.210 e. The molecule has 0 spiro atoms. The summed E-state index contributed by atoms with van der Waals surface area (Å²) < 4.78 is 12.9. The number of ether oxygens (including phenoxy) is 2. The molecule has 3 rings (SSSR count). The molecule has 1 aromatic heterocycles. The van der Waals surface area contributed by atoms with Crippen molar-refractivity contribution in [3.8, 4) is 0 Å². The molecule has 2 heterocycles. The van der Waals surface area contributed by atoms with E-state index >= 15 is 0 Å². The van der Waals surface area contributed by atoms with E-state index in [2.05, 4.69) is 15.3 Å². The van der Waals surface area contributed by atoms with E-state index in [0.29, 0.717) is 18.7 Å². The zero-order valence-corrected chi connectivity index (χ0v) is 16.6. The molecule has 2 N–H and O–H groups in total. The van der Waals surface area contributed by atoms with Gasteiger partial charge in [0.2, 0.25) is 5.90 Å². The van der Waals surface area contributed by atoms with Gasteiger partial charge in [0, 0.05) is 62.3 Å². The molecule has 1 saturated heterocycles. The highest BCUT2D eigenvalue weighted by atomic mass is 16.5. The van der Waals surface area contributed by atoms with Crippen LogP contribution in [0.2, 0.25) is 0 Å². The van der Waals surface area contributed by atoms with Crippen molar-refractivity contribution < 1.29 is 9.47 Å². The predicted octanol–water partition coefficient (Wildman–Crippen LogP) is 2.09. The first-order valence-corrected chi connectivity index (χ1v) is 10.1. The maximum atomic E-state index is 8.09. The highest BCUT2D eigenvalue weighted by Gasteiger charge is 2.26. The average molecular weight is 376 g/mol. The number of nitrogens with one attached hydrogen (secondary N) is 2. The number of morpholine rings is 1. The van der Waals surface area contributed by atoms with Gasteiger partial charge in [-0.2, -0.15) is 5.10 Å². The monoisotopic (exact) mass is 375 g/mol. The Bertz CT molecular complexity index is 628. The fourth-order valence-electron chi connectivity index (χ4n) is 3.88. The fourth-order valence-corrected chi connectivity index (χ4v) is 3.88. The molecular weight excluding hydrogens is 342 g/mol. The first-order chi connectivity index (χ1) is 13.1. The number of rotatable bonds is 7. The van der Waals surface area contributed by atoms with E-state index in [9.17, 15) is 0 Å². The van der Waals surface area contributed by atoms with Crippen molar-refractivity contribution in [2.45, 2.75) is 51.1 Å². The van der Waals surface area contributed by atoms with Crippen molar-refractivity contribution >= 4 is 5.90 Å². The van der Waals surface area contributed by atoms with Crippen LogP contribution in [0.15, 0.2) is 24.0 Å². The summed E-state index contributed by atoms with van der Waals surface area (Å²) in [6.07, 6.45) is 9.33. The Morgan fingerprint density at radius 2 is 2.07 bits per heavy atom. The highest BCUT2D eigenvalue weighted by molar-refractivity contribution is 5.90. The molecule has 0 amide bonds. The van der Waals surface area contributed by atoms with Gasteiger partial charge >= 0.3 is 0 Å². The van der Waals surface area contributed by atoms with Crippen LogP contribution in [0.4, 0.5) is 0 Å². The summed E-state index contributed by atoms with van der Waals surface area (Å²) in [5.74, 6) is 0.242. The van der Waals surface area contributed by atoms with Crippen molar-refractivity contribution in [2.24, 2.45) is 7.05 Å². The predicted molar refractivity (Wildman–Crippen MR) is 106 cm³/mol. The third-order valence-corrected chi connectivity index (χ3v) is 5.68. The lowest BCUT2D eigenvalue weighted by atomic mass is 9.90. The Morgan fingerprint density at radius 3 is 2.74 bits per heavy atom. The molecule has 7 heteroatoms. The number of aryl methyl sites for hydroxylation is 1. The summed E-state index contributed by atoms with van der Waals surface area (Å²) in [6, 6.07) is 3.19. The molecule has 7 nitrogen and oxygen atoms in total. The second-order valence-corrected chi connectivity index (χ2v) is 7.52. The molecule has 1 aliphatic heterocycles. The summed E-state index contributed by atoms with van der Waals surface area (Å²) in [6.45, 7) is 6.34. The number of aromatic nitrogens is 2. The molecule has 0 radical (unpaired) electrons. The molecule has 2 fully saturated rings. The number of hydrogen-bond donors (Lipinski definition) is 2. The molecule has 27 heavy (non-hydrogen) atoms. The minimum atomic E-state index is 0.242. The standard InChI is InChI=1S/C20H33N5O2/c1-16(20(21)27-12-8-18-7-9-23-24(18)2)15-22-17-3-5-19(6-4-17)25-10-13-26-14-11-25/h7,9,15,17,19,21-22H,3-6,8,10-14H2,1-2H3/b16-15-,21-20?/t17-,19-. The smallest absolute Gasteiger partial charge is 0.210 e. The first-order valence-electron chi connectivity index (χ1n) is 10.1. The maximum absolute atomic E-state index is 8.09. The van der Waals surface area contributed by atoms with Crippen LogP contribution in [0.5, 0.6) is 0 Å². The zero-order chi connectivity index (χ0) is 19.1. The SMILES string of the molecule is C/C(=C/N[C@H]1CC[C@H](N2CCOCC2)CC1)C(=N)OCCc1ccnn1C. The Morgan fingerprint density at radius 1 is 1.33 bits per heavy atom. The third-order valence-electron chi connectivity index (χ3n) is 5.68. The lowest BCUT2D eigenvalue weighted by Crippen LogP contribution is -2.46. The lowest BCUT2D eigenvalue weighted by molar-refractivity contribution is 0.00690. The molecule has 1 aliphatic carbocycles. The number of hydrogen-bond acceptors (Lipinski definition) is 6. The van der Waals surface area contributed by atoms with Gasteiger partial charge in [-0.05, 0) is 38.7 Å². The summed E-state index contributed by atoms with van der Waals surface area (Å²) >= 11 is 0. The van der Waals surface area contributed by atoms with Crippen molar-refractivity contribution in [3.63, 3.8) is 0 Å². The lowest BCUT2D eigenvalue weighted by Gasteiger charge is -2.38. The van der Waals surface area contributed by atoms with E-state index in [1.165, 1.54) is 25.7 Å². The molecule has 0 unspecified atom stereocenters. The molecular formula is C20H33N5O2. The van der Waals surface area contributed by atoms with Crippen LogP contribution < -0.4 is 5.32 Å². The first kappa shape index (κ1) is 19.9. The van der Waals surface area contributed by atoms with Crippen molar-refractivity contribution in [1.82, 2.24) is 20.0 Å². The van der Waals surface area contributed by atoms with E-state index in [1.807, 2.05) is 30.9 Å². The summed E-state index contributed by atoms with van der Waals surface area (Å²) in [4.78, 5) is 2.59. The van der Waals surface area contributed by atoms with E-state index in [0.717, 1.165) is 44.0 Å². The van der Waals surface area contributed by atoms with E-state index < -0.39 is 0 Å². The molecule has 0 bridgehead atoms. The van der Waals surface area contributed by atoms with Gasteiger partial charge in [-0.25, -0.2) is 0 Å². The molecule has 0 aromatic carbocycles. The Hall–Kier alpha value is -1.86. The van der Waals surface area contributed by atoms with Crippen LogP contribution in [0.1, 0.15) is 38.3 Å². The summed E-state index contributed by atoms with van der Waals surface area (Å²) in [5.41, 5.74) is 1.95. The van der Waals surface area contributed by atoms with Crippen LogP contribution in [0, 0.1) is 5.41 Å². The molecule has 1 saturated carbocycles. The molecule has 0 atom stereocenters. The van der Waals surface area contributed by atoms with Gasteiger partial charge in [-0.15, -0.1) is 0 Å². The van der Waals surface area contributed by atoms with Gasteiger partial charge in [-0.3, -0.25) is 15.0 Å². The largest absolute Gasteiger partial charge is 0.477 e. The van der Waals surface area contributed by atoms with Crippen LogP contribution in [0.25, 0.3) is 0 Å². The second-order valence-electron chi connectivity index (χ2n) is 7.52. The Kier molecular flexibility index (Phi) is 7.29.